The quantitative estimate of drug-likeness (QED) is 0.755. The van der Waals surface area contributed by atoms with Gasteiger partial charge < -0.3 is 15.2 Å². The second kappa shape index (κ2) is 3.98. The molecule has 3 heteroatoms. The molecule has 0 amide bonds. The van der Waals surface area contributed by atoms with Gasteiger partial charge in [0.2, 0.25) is 0 Å². The molecule has 2 atom stereocenters. The van der Waals surface area contributed by atoms with Crippen molar-refractivity contribution in [2.75, 3.05) is 13.1 Å². The topological polar surface area (TPSA) is 41.5 Å². The maximum absolute atomic E-state index is 9.78. The van der Waals surface area contributed by atoms with Gasteiger partial charge in [-0.2, -0.15) is 0 Å². The summed E-state index contributed by atoms with van der Waals surface area (Å²) in [4.78, 5) is 0. The minimum absolute atomic E-state index is 0.274. The van der Waals surface area contributed by atoms with E-state index in [1.807, 2.05) is 12.1 Å². The normalized spacial score (nSPS) is 28.5. The maximum atomic E-state index is 9.78. The Balaban J connectivity index is 1.82. The van der Waals surface area contributed by atoms with Crippen molar-refractivity contribution in [3.05, 3.63) is 23.8 Å². The van der Waals surface area contributed by atoms with E-state index in [-0.39, 0.29) is 11.9 Å². The summed E-state index contributed by atoms with van der Waals surface area (Å²) in [6, 6.07) is 5.63. The number of para-hydroxylation sites is 1. The van der Waals surface area contributed by atoms with E-state index in [0.717, 1.165) is 31.5 Å². The third-order valence-corrected chi connectivity index (χ3v) is 3.67. The van der Waals surface area contributed by atoms with E-state index < -0.39 is 0 Å². The standard InChI is InChI=1S/C13H17NO2/c15-11-3-1-2-9-4-5-12(16-13(9)11)10-6-7-14-8-10/h1-3,10,12,14-15H,4-8H2. The molecule has 3 nitrogen and oxygen atoms in total. The SMILES string of the molecule is Oc1cccc2c1OC(C1CCNC1)CC2. The number of rotatable bonds is 1. The second-order valence-electron chi connectivity index (χ2n) is 4.71. The third kappa shape index (κ3) is 1.65. The van der Waals surface area contributed by atoms with Gasteiger partial charge in [0.25, 0.3) is 0 Å². The smallest absolute Gasteiger partial charge is 0.164 e. The number of phenols is 1. The zero-order chi connectivity index (χ0) is 11.0. The Kier molecular flexibility index (Phi) is 2.48. The first kappa shape index (κ1) is 9.97. The van der Waals surface area contributed by atoms with Gasteiger partial charge in [0.1, 0.15) is 6.10 Å². The molecule has 0 radical (unpaired) electrons. The van der Waals surface area contributed by atoms with Crippen molar-refractivity contribution in [3.63, 3.8) is 0 Å². The lowest BCUT2D eigenvalue weighted by molar-refractivity contribution is 0.114. The average Bonchev–Trinajstić information content (AvgIpc) is 2.83. The van der Waals surface area contributed by atoms with Crippen LogP contribution in [0.4, 0.5) is 0 Å². The molecule has 0 aromatic heterocycles. The van der Waals surface area contributed by atoms with E-state index >= 15 is 0 Å². The van der Waals surface area contributed by atoms with Crippen molar-refractivity contribution in [1.82, 2.24) is 5.32 Å². The molecule has 3 rings (SSSR count). The Morgan fingerprint density at radius 2 is 2.25 bits per heavy atom. The summed E-state index contributed by atoms with van der Waals surface area (Å²) in [5.74, 6) is 1.60. The van der Waals surface area contributed by atoms with Gasteiger partial charge in [0, 0.05) is 12.5 Å². The Hall–Kier alpha value is -1.22. The van der Waals surface area contributed by atoms with Crippen molar-refractivity contribution in [2.24, 2.45) is 5.92 Å². The molecule has 0 saturated carbocycles. The van der Waals surface area contributed by atoms with Crippen LogP contribution in [0.5, 0.6) is 11.5 Å². The Bertz CT molecular complexity index is 386. The lowest BCUT2D eigenvalue weighted by atomic mass is 9.92. The molecule has 2 unspecified atom stereocenters. The molecule has 1 saturated heterocycles. The van der Waals surface area contributed by atoms with Crippen molar-refractivity contribution in [1.29, 1.82) is 0 Å². The highest BCUT2D eigenvalue weighted by Crippen LogP contribution is 2.37. The van der Waals surface area contributed by atoms with Crippen molar-refractivity contribution < 1.29 is 9.84 Å². The van der Waals surface area contributed by atoms with Gasteiger partial charge in [-0.3, -0.25) is 0 Å². The van der Waals surface area contributed by atoms with Crippen LogP contribution < -0.4 is 10.1 Å². The summed E-state index contributed by atoms with van der Waals surface area (Å²) >= 11 is 0. The highest BCUT2D eigenvalue weighted by Gasteiger charge is 2.30. The number of hydrogen-bond donors (Lipinski definition) is 2. The Labute approximate surface area is 95.4 Å². The molecule has 2 N–H and O–H groups in total. The van der Waals surface area contributed by atoms with Gasteiger partial charge in [-0.25, -0.2) is 0 Å². The zero-order valence-electron chi connectivity index (χ0n) is 9.28. The van der Waals surface area contributed by atoms with Gasteiger partial charge in [0.15, 0.2) is 11.5 Å². The molecular weight excluding hydrogens is 202 g/mol. The predicted octanol–water partition coefficient (Wildman–Crippen LogP) is 1.70. The summed E-state index contributed by atoms with van der Waals surface area (Å²) in [6.45, 7) is 2.14. The number of ether oxygens (including phenoxy) is 1. The summed E-state index contributed by atoms with van der Waals surface area (Å²) < 4.78 is 5.96. The fourth-order valence-electron chi connectivity index (χ4n) is 2.74. The van der Waals surface area contributed by atoms with Crippen molar-refractivity contribution >= 4 is 0 Å². The number of aryl methyl sites for hydroxylation is 1. The first-order valence-electron chi connectivity index (χ1n) is 6.03. The average molecular weight is 219 g/mol. The molecule has 2 aliphatic rings. The number of hydrogen-bond acceptors (Lipinski definition) is 3. The summed E-state index contributed by atoms with van der Waals surface area (Å²) in [7, 11) is 0. The van der Waals surface area contributed by atoms with Crippen LogP contribution in [0, 0.1) is 5.92 Å². The molecule has 16 heavy (non-hydrogen) atoms. The Morgan fingerprint density at radius 3 is 3.06 bits per heavy atom. The fourth-order valence-corrected chi connectivity index (χ4v) is 2.74. The maximum Gasteiger partial charge on any atom is 0.164 e. The molecule has 1 aromatic rings. The molecule has 2 heterocycles. The molecule has 2 aliphatic heterocycles. The van der Waals surface area contributed by atoms with Crippen LogP contribution in [-0.4, -0.2) is 24.3 Å². The van der Waals surface area contributed by atoms with Gasteiger partial charge >= 0.3 is 0 Å². The molecule has 86 valence electrons. The van der Waals surface area contributed by atoms with Crippen molar-refractivity contribution in [3.8, 4) is 11.5 Å². The first-order valence-corrected chi connectivity index (χ1v) is 6.03. The molecule has 1 aromatic carbocycles. The third-order valence-electron chi connectivity index (χ3n) is 3.67. The molecule has 1 fully saturated rings. The van der Waals surface area contributed by atoms with Crippen LogP contribution in [0.3, 0.4) is 0 Å². The molecule has 0 spiro atoms. The molecular formula is C13H17NO2. The van der Waals surface area contributed by atoms with E-state index in [1.54, 1.807) is 6.07 Å². The summed E-state index contributed by atoms with van der Waals surface area (Å²) in [6.07, 6.45) is 3.55. The predicted molar refractivity (Wildman–Crippen MR) is 61.8 cm³/mol. The number of fused-ring (bicyclic) bond motifs is 1. The van der Waals surface area contributed by atoms with Crippen LogP contribution >= 0.6 is 0 Å². The van der Waals surface area contributed by atoms with Gasteiger partial charge in [-0.15, -0.1) is 0 Å². The van der Waals surface area contributed by atoms with Gasteiger partial charge in [0.05, 0.1) is 0 Å². The second-order valence-corrected chi connectivity index (χ2v) is 4.71. The fraction of sp³-hybridized carbons (Fsp3) is 0.538. The van der Waals surface area contributed by atoms with Crippen LogP contribution in [0.15, 0.2) is 18.2 Å². The largest absolute Gasteiger partial charge is 0.504 e. The minimum Gasteiger partial charge on any atom is -0.504 e. The Morgan fingerprint density at radius 1 is 1.31 bits per heavy atom. The monoisotopic (exact) mass is 219 g/mol. The summed E-state index contributed by atoms with van der Waals surface area (Å²) in [5.41, 5.74) is 1.14. The van der Waals surface area contributed by atoms with E-state index in [0.29, 0.717) is 11.7 Å². The van der Waals surface area contributed by atoms with Crippen LogP contribution in [0.2, 0.25) is 0 Å². The van der Waals surface area contributed by atoms with E-state index in [2.05, 4.69) is 5.32 Å². The van der Waals surface area contributed by atoms with Crippen LogP contribution in [-0.2, 0) is 6.42 Å². The van der Waals surface area contributed by atoms with Gasteiger partial charge in [-0.1, -0.05) is 12.1 Å². The molecule has 0 bridgehead atoms. The minimum atomic E-state index is 0.274. The van der Waals surface area contributed by atoms with E-state index in [4.69, 9.17) is 4.74 Å². The number of nitrogens with one attached hydrogen (secondary N) is 1. The summed E-state index contributed by atoms with van der Waals surface area (Å²) in [5, 5.41) is 13.1. The number of phenolic OH excluding ortho intramolecular Hbond substituents is 1. The highest BCUT2D eigenvalue weighted by atomic mass is 16.5. The van der Waals surface area contributed by atoms with E-state index in [1.165, 1.54) is 6.42 Å². The van der Waals surface area contributed by atoms with Crippen molar-refractivity contribution in [2.45, 2.75) is 25.4 Å². The molecule has 0 aliphatic carbocycles. The van der Waals surface area contributed by atoms with Crippen LogP contribution in [0.1, 0.15) is 18.4 Å². The number of aromatic hydroxyl groups is 1. The number of benzene rings is 1. The lowest BCUT2D eigenvalue weighted by Gasteiger charge is -2.30. The first-order chi connectivity index (χ1) is 7.84. The lowest BCUT2D eigenvalue weighted by Crippen LogP contribution is -2.32. The van der Waals surface area contributed by atoms with Gasteiger partial charge in [-0.05, 0) is 37.4 Å². The zero-order valence-corrected chi connectivity index (χ0v) is 9.28. The van der Waals surface area contributed by atoms with E-state index in [9.17, 15) is 5.11 Å². The highest BCUT2D eigenvalue weighted by molar-refractivity contribution is 5.46. The van der Waals surface area contributed by atoms with Crippen LogP contribution in [0.25, 0.3) is 0 Å².